The van der Waals surface area contributed by atoms with Crippen molar-refractivity contribution in [3.05, 3.63) is 48.0 Å². The van der Waals surface area contributed by atoms with Gasteiger partial charge in [0, 0.05) is 18.3 Å². The third kappa shape index (κ3) is 4.63. The maximum atomic E-state index is 14.7. The van der Waals surface area contributed by atoms with Crippen LogP contribution in [0, 0.1) is 56.7 Å². The first-order valence-corrected chi connectivity index (χ1v) is 17.8. The fraction of sp³-hybridized carbons (Fsp3) is 0.725. The quantitative estimate of drug-likeness (QED) is 0.259. The van der Waals surface area contributed by atoms with Gasteiger partial charge in [0.15, 0.2) is 0 Å². The van der Waals surface area contributed by atoms with Crippen LogP contribution >= 0.6 is 0 Å². The van der Waals surface area contributed by atoms with Gasteiger partial charge in [0.05, 0.1) is 12.5 Å². The third-order valence-corrected chi connectivity index (χ3v) is 15.3. The number of hydrogen-bond acceptors (Lipinski definition) is 4. The van der Waals surface area contributed by atoms with E-state index in [0.29, 0.717) is 42.3 Å². The first-order chi connectivity index (χ1) is 21.2. The Morgan fingerprint density at radius 2 is 1.62 bits per heavy atom. The van der Waals surface area contributed by atoms with Gasteiger partial charge in [-0.3, -0.25) is 9.59 Å². The summed E-state index contributed by atoms with van der Waals surface area (Å²) in [6.07, 6.45) is 10.4. The van der Waals surface area contributed by atoms with E-state index in [2.05, 4.69) is 53.4 Å². The number of carbonyl (C=O) groups excluding carboxylic acids is 3. The van der Waals surface area contributed by atoms with Crippen molar-refractivity contribution in [3.8, 4) is 0 Å². The Morgan fingerprint density at radius 3 is 2.29 bits per heavy atom. The van der Waals surface area contributed by atoms with Gasteiger partial charge in [-0.2, -0.15) is 0 Å². The molecule has 0 unspecified atom stereocenters. The molecule has 5 heteroatoms. The SMILES string of the molecule is C=C(C)[C@@H]1CC[C@]2(C(=O)N[C@@H](Cc3ccccc3)C(=O)OC)CC[C@]3(C)[C@H](CC[C@@H]4[C@@]5(C)CCC(=O)C(C)(C)[C@@H]5CC[C@]43C)[C@@H]12. The Labute approximate surface area is 271 Å². The van der Waals surface area contributed by atoms with Gasteiger partial charge < -0.3 is 10.1 Å². The Morgan fingerprint density at radius 1 is 0.911 bits per heavy atom. The van der Waals surface area contributed by atoms with Crippen molar-refractivity contribution in [2.75, 3.05) is 7.11 Å². The summed E-state index contributed by atoms with van der Waals surface area (Å²) in [5.74, 6) is 2.08. The lowest BCUT2D eigenvalue weighted by Crippen LogP contribution is -2.67. The summed E-state index contributed by atoms with van der Waals surface area (Å²) in [6, 6.07) is 9.18. The number of rotatable bonds is 6. The van der Waals surface area contributed by atoms with Crippen LogP contribution in [0.1, 0.15) is 111 Å². The van der Waals surface area contributed by atoms with E-state index >= 15 is 0 Å². The Bertz CT molecular complexity index is 1370. The lowest BCUT2D eigenvalue weighted by molar-refractivity contribution is -0.233. The molecule has 1 aromatic carbocycles. The standard InChI is InChI=1S/C40H57NO4/c1-25(2)27-16-21-40(35(44)41-29(34(43)45-8)24-26-12-10-9-11-13-26)23-22-38(6)28(33(27)40)14-15-31-37(5)19-18-32(42)36(3,4)30(37)17-20-39(31,38)7/h9-13,27-31,33H,1,14-24H2,2-8H3,(H,41,44)/t27-,28+,29-,30-,31+,33+,37-,38+,39+,40-/m0/s1. The number of ketones is 1. The van der Waals surface area contributed by atoms with Gasteiger partial charge in [-0.1, -0.05) is 77.1 Å². The van der Waals surface area contributed by atoms with Crippen LogP contribution in [-0.2, 0) is 25.5 Å². The maximum absolute atomic E-state index is 14.7. The minimum Gasteiger partial charge on any atom is -0.467 e. The van der Waals surface area contributed by atoms with E-state index in [1.165, 1.54) is 19.1 Å². The highest BCUT2D eigenvalue weighted by molar-refractivity contribution is 5.89. The topological polar surface area (TPSA) is 72.5 Å². The van der Waals surface area contributed by atoms with Crippen molar-refractivity contribution in [1.29, 1.82) is 0 Å². The minimum atomic E-state index is -0.710. The fourth-order valence-electron chi connectivity index (χ4n) is 12.8. The van der Waals surface area contributed by atoms with E-state index in [4.69, 9.17) is 4.74 Å². The minimum absolute atomic E-state index is 0.0418. The van der Waals surface area contributed by atoms with Gasteiger partial charge in [0.2, 0.25) is 5.91 Å². The lowest BCUT2D eigenvalue weighted by atomic mass is 9.32. The first-order valence-electron chi connectivity index (χ1n) is 17.8. The van der Waals surface area contributed by atoms with E-state index in [9.17, 15) is 14.4 Å². The number of carbonyl (C=O) groups is 3. The molecule has 5 nitrogen and oxygen atoms in total. The third-order valence-electron chi connectivity index (χ3n) is 15.3. The number of nitrogens with one attached hydrogen (secondary N) is 1. The molecule has 10 atom stereocenters. The van der Waals surface area contributed by atoms with Crippen LogP contribution in [0.5, 0.6) is 0 Å². The summed E-state index contributed by atoms with van der Waals surface area (Å²) >= 11 is 0. The number of fused-ring (bicyclic) bond motifs is 7. The molecular formula is C40H57NO4. The van der Waals surface area contributed by atoms with Crippen molar-refractivity contribution >= 4 is 17.7 Å². The molecule has 0 aromatic heterocycles. The van der Waals surface area contributed by atoms with Crippen LogP contribution < -0.4 is 5.32 Å². The molecule has 0 radical (unpaired) electrons. The Kier molecular flexibility index (Phi) is 8.01. The predicted octanol–water partition coefficient (Wildman–Crippen LogP) is 8.11. The number of hydrogen-bond donors (Lipinski definition) is 1. The average Bonchev–Trinajstić information content (AvgIpc) is 3.41. The number of allylic oxidation sites excluding steroid dienone is 1. The van der Waals surface area contributed by atoms with Gasteiger partial charge in [-0.05, 0) is 116 Å². The normalized spacial score (nSPS) is 42.3. The van der Waals surface area contributed by atoms with E-state index in [0.717, 1.165) is 56.9 Å². The molecule has 6 rings (SSSR count). The summed E-state index contributed by atoms with van der Waals surface area (Å²) < 4.78 is 5.20. The molecule has 0 bridgehead atoms. The van der Waals surface area contributed by atoms with Crippen LogP contribution in [0.3, 0.4) is 0 Å². The second kappa shape index (κ2) is 11.1. The largest absolute Gasteiger partial charge is 0.467 e. The van der Waals surface area contributed by atoms with E-state index < -0.39 is 11.5 Å². The lowest BCUT2D eigenvalue weighted by Gasteiger charge is -2.72. The molecule has 0 spiro atoms. The van der Waals surface area contributed by atoms with Crippen LogP contribution in [0.4, 0.5) is 0 Å². The van der Waals surface area contributed by atoms with Gasteiger partial charge in [0.1, 0.15) is 11.8 Å². The molecule has 5 saturated carbocycles. The van der Waals surface area contributed by atoms with Crippen LogP contribution in [0.2, 0.25) is 0 Å². The summed E-state index contributed by atoms with van der Waals surface area (Å²) in [5, 5.41) is 3.26. The average molecular weight is 616 g/mol. The van der Waals surface area contributed by atoms with E-state index in [-0.39, 0.29) is 39.5 Å². The smallest absolute Gasteiger partial charge is 0.328 e. The van der Waals surface area contributed by atoms with E-state index in [1.807, 2.05) is 30.3 Å². The maximum Gasteiger partial charge on any atom is 0.328 e. The number of methoxy groups -OCH3 is 1. The molecule has 1 amide bonds. The van der Waals surface area contributed by atoms with Crippen molar-refractivity contribution in [2.45, 2.75) is 118 Å². The van der Waals surface area contributed by atoms with Crippen molar-refractivity contribution in [3.63, 3.8) is 0 Å². The monoisotopic (exact) mass is 615 g/mol. The molecule has 0 saturated heterocycles. The zero-order chi connectivity index (χ0) is 32.6. The highest BCUT2D eigenvalue weighted by Crippen LogP contribution is 2.77. The summed E-state index contributed by atoms with van der Waals surface area (Å²) in [6.45, 7) is 18.8. The molecule has 0 heterocycles. The van der Waals surface area contributed by atoms with Crippen molar-refractivity contribution in [2.24, 2.45) is 56.7 Å². The van der Waals surface area contributed by atoms with Gasteiger partial charge >= 0.3 is 5.97 Å². The molecule has 1 N–H and O–H groups in total. The van der Waals surface area contributed by atoms with E-state index in [1.54, 1.807) is 0 Å². The molecule has 0 aliphatic heterocycles. The molecule has 5 aliphatic carbocycles. The van der Waals surface area contributed by atoms with Crippen molar-refractivity contribution in [1.82, 2.24) is 5.32 Å². The summed E-state index contributed by atoms with van der Waals surface area (Å²) in [4.78, 5) is 40.8. The molecular weight excluding hydrogens is 558 g/mol. The Hall–Kier alpha value is -2.43. The van der Waals surface area contributed by atoms with Crippen LogP contribution in [-0.4, -0.2) is 30.8 Å². The summed E-state index contributed by atoms with van der Waals surface area (Å²) in [5.41, 5.74) is 1.88. The zero-order valence-electron chi connectivity index (χ0n) is 29.0. The first kappa shape index (κ1) is 32.5. The molecule has 246 valence electrons. The van der Waals surface area contributed by atoms with Crippen molar-refractivity contribution < 1.29 is 19.1 Å². The Balaban J connectivity index is 1.34. The summed E-state index contributed by atoms with van der Waals surface area (Å²) in [7, 11) is 1.41. The fourth-order valence-corrected chi connectivity index (χ4v) is 12.8. The number of benzene rings is 1. The second-order valence-electron chi connectivity index (χ2n) is 17.2. The van der Waals surface area contributed by atoms with Gasteiger partial charge in [-0.15, -0.1) is 0 Å². The highest BCUT2D eigenvalue weighted by atomic mass is 16.5. The second-order valence-corrected chi connectivity index (χ2v) is 17.2. The molecule has 5 aliphatic rings. The van der Waals surface area contributed by atoms with Gasteiger partial charge in [-0.25, -0.2) is 4.79 Å². The molecule has 45 heavy (non-hydrogen) atoms. The molecule has 1 aromatic rings. The van der Waals surface area contributed by atoms with Crippen LogP contribution in [0.15, 0.2) is 42.5 Å². The number of Topliss-reactive ketones (excluding diaryl/α,β-unsaturated/α-hetero) is 1. The number of esters is 1. The highest BCUT2D eigenvalue weighted by Gasteiger charge is 2.72. The van der Waals surface area contributed by atoms with Gasteiger partial charge in [0.25, 0.3) is 0 Å². The van der Waals surface area contributed by atoms with Crippen LogP contribution in [0.25, 0.3) is 0 Å². The number of ether oxygens (including phenoxy) is 1. The predicted molar refractivity (Wildman–Crippen MR) is 178 cm³/mol. The zero-order valence-corrected chi connectivity index (χ0v) is 29.0. The number of amides is 1. The molecule has 5 fully saturated rings.